The molecule has 1 aliphatic heterocycles. The lowest BCUT2D eigenvalue weighted by atomic mass is 9.84. The highest BCUT2D eigenvalue weighted by molar-refractivity contribution is 8.04. The van der Waals surface area contributed by atoms with Crippen molar-refractivity contribution in [3.63, 3.8) is 0 Å². The van der Waals surface area contributed by atoms with Crippen LogP contribution in [0.1, 0.15) is 30.0 Å². The summed E-state index contributed by atoms with van der Waals surface area (Å²) in [5.41, 5.74) is 3.84. The van der Waals surface area contributed by atoms with Crippen molar-refractivity contribution in [2.45, 2.75) is 23.3 Å². The van der Waals surface area contributed by atoms with Crippen LogP contribution >= 0.6 is 23.5 Å². The molecule has 0 N–H and O–H groups in total. The first-order chi connectivity index (χ1) is 15.2. The van der Waals surface area contributed by atoms with Crippen molar-refractivity contribution in [1.29, 1.82) is 0 Å². The van der Waals surface area contributed by atoms with Gasteiger partial charge < -0.3 is 4.74 Å². The molecule has 4 rings (SSSR count). The second-order valence-electron chi connectivity index (χ2n) is 7.73. The molecule has 0 aliphatic carbocycles. The largest absolute Gasteiger partial charge is 0.466 e. The van der Waals surface area contributed by atoms with E-state index >= 15 is 0 Å². The number of esters is 1. The number of carbonyl (C=O) groups excluding carboxylic acids is 1. The third-order valence-corrected chi connectivity index (χ3v) is 9.07. The first-order valence-corrected chi connectivity index (χ1v) is 12.9. The lowest BCUT2D eigenvalue weighted by molar-refractivity contribution is -0.147. The topological polar surface area (TPSA) is 26.3 Å². The Hall–Kier alpha value is -2.17. The molecule has 3 aromatic carbocycles. The van der Waals surface area contributed by atoms with Gasteiger partial charge in [0.2, 0.25) is 0 Å². The molecule has 31 heavy (non-hydrogen) atoms. The number of thioether (sulfide) groups is 2. The van der Waals surface area contributed by atoms with Gasteiger partial charge in [0, 0.05) is 16.8 Å². The summed E-state index contributed by atoms with van der Waals surface area (Å²) in [6.45, 7) is 2.33. The van der Waals surface area contributed by atoms with Crippen molar-refractivity contribution in [3.05, 3.63) is 108 Å². The van der Waals surface area contributed by atoms with Gasteiger partial charge in [-0.1, -0.05) is 91.0 Å². The highest BCUT2D eigenvalue weighted by atomic mass is 32.2. The van der Waals surface area contributed by atoms with Gasteiger partial charge in [0.05, 0.1) is 17.3 Å². The van der Waals surface area contributed by atoms with Crippen molar-refractivity contribution < 1.29 is 9.53 Å². The van der Waals surface area contributed by atoms with E-state index in [0.717, 1.165) is 17.9 Å². The number of benzene rings is 3. The van der Waals surface area contributed by atoms with E-state index in [0.29, 0.717) is 11.9 Å². The molecule has 2 nitrogen and oxygen atoms in total. The molecule has 1 fully saturated rings. The van der Waals surface area contributed by atoms with E-state index < -0.39 is 0 Å². The minimum absolute atomic E-state index is 0.0233. The lowest BCUT2D eigenvalue weighted by Gasteiger charge is -2.36. The average Bonchev–Trinajstić information content (AvgIpc) is 3.31. The second kappa shape index (κ2) is 10.4. The van der Waals surface area contributed by atoms with Gasteiger partial charge in [-0.05, 0) is 30.0 Å². The highest BCUT2D eigenvalue weighted by Crippen LogP contribution is 2.50. The standard InChI is InChI=1S/C27H28O2S2/c1-2-29-26(28)21-18-25(30-19-21)20-31-27(22-12-6-3-7-13-22,23-14-8-4-9-15-23)24-16-10-5-11-17-24/h3-17,21,25H,2,18-20H2,1H3/t21-,25+/m0/s1. The Bertz CT molecular complexity index is 864. The minimum atomic E-state index is -0.299. The molecule has 0 spiro atoms. The molecule has 2 atom stereocenters. The Balaban J connectivity index is 1.67. The first kappa shape index (κ1) is 22.0. The summed E-state index contributed by atoms with van der Waals surface area (Å²) in [5, 5.41) is 0.440. The molecule has 1 aliphatic rings. The van der Waals surface area contributed by atoms with Gasteiger partial charge in [-0.3, -0.25) is 4.79 Å². The Morgan fingerprint density at radius 2 is 1.39 bits per heavy atom. The van der Waals surface area contributed by atoms with Crippen LogP contribution in [-0.2, 0) is 14.3 Å². The predicted octanol–water partition coefficient (Wildman–Crippen LogP) is 6.40. The first-order valence-electron chi connectivity index (χ1n) is 10.8. The molecule has 0 radical (unpaired) electrons. The van der Waals surface area contributed by atoms with Crippen molar-refractivity contribution in [3.8, 4) is 0 Å². The third-order valence-electron chi connectivity index (χ3n) is 5.73. The summed E-state index contributed by atoms with van der Waals surface area (Å²) in [5.74, 6) is 1.82. The fraction of sp³-hybridized carbons (Fsp3) is 0.296. The number of rotatable bonds is 8. The number of hydrogen-bond acceptors (Lipinski definition) is 4. The van der Waals surface area contributed by atoms with E-state index in [4.69, 9.17) is 4.74 Å². The van der Waals surface area contributed by atoms with Crippen LogP contribution in [0.2, 0.25) is 0 Å². The number of hydrogen-bond donors (Lipinski definition) is 0. The Labute approximate surface area is 193 Å². The number of ether oxygens (including phenoxy) is 1. The summed E-state index contributed by atoms with van der Waals surface area (Å²) < 4.78 is 4.97. The zero-order valence-electron chi connectivity index (χ0n) is 17.8. The smallest absolute Gasteiger partial charge is 0.309 e. The van der Waals surface area contributed by atoms with Crippen LogP contribution in [0.5, 0.6) is 0 Å². The van der Waals surface area contributed by atoms with Gasteiger partial charge in [-0.2, -0.15) is 11.8 Å². The molecule has 1 heterocycles. The normalized spacial score (nSPS) is 18.6. The Kier molecular flexibility index (Phi) is 7.41. The van der Waals surface area contributed by atoms with Gasteiger partial charge in [0.1, 0.15) is 0 Å². The van der Waals surface area contributed by atoms with Crippen LogP contribution < -0.4 is 0 Å². The SMILES string of the molecule is CCOC(=O)[C@@H]1CS[C@@H](CSC(c2ccccc2)(c2ccccc2)c2ccccc2)C1. The van der Waals surface area contributed by atoms with Gasteiger partial charge in [0.15, 0.2) is 0 Å². The molecule has 160 valence electrons. The average molecular weight is 449 g/mol. The van der Waals surface area contributed by atoms with Gasteiger partial charge in [-0.15, -0.1) is 11.8 Å². The van der Waals surface area contributed by atoms with Crippen LogP contribution in [0.3, 0.4) is 0 Å². The summed E-state index contributed by atoms with van der Waals surface area (Å²) in [4.78, 5) is 12.2. The van der Waals surface area contributed by atoms with Crippen molar-refractivity contribution in [1.82, 2.24) is 0 Å². The van der Waals surface area contributed by atoms with E-state index in [9.17, 15) is 4.79 Å². The summed E-state index contributed by atoms with van der Waals surface area (Å²) in [7, 11) is 0. The van der Waals surface area contributed by atoms with Crippen molar-refractivity contribution in [2.24, 2.45) is 5.92 Å². The Morgan fingerprint density at radius 1 is 0.903 bits per heavy atom. The monoisotopic (exact) mass is 448 g/mol. The quantitative estimate of drug-likeness (QED) is 0.294. The fourth-order valence-electron chi connectivity index (χ4n) is 4.23. The lowest BCUT2D eigenvalue weighted by Crippen LogP contribution is -2.27. The molecule has 0 amide bonds. The molecule has 3 aromatic rings. The van der Waals surface area contributed by atoms with Crippen LogP contribution in [0.15, 0.2) is 91.0 Å². The third kappa shape index (κ3) is 4.86. The summed E-state index contributed by atoms with van der Waals surface area (Å²) in [6.07, 6.45) is 0.894. The van der Waals surface area contributed by atoms with E-state index in [2.05, 4.69) is 91.0 Å². The zero-order valence-corrected chi connectivity index (χ0v) is 19.4. The predicted molar refractivity (Wildman–Crippen MR) is 133 cm³/mol. The molecule has 0 aromatic heterocycles. The second-order valence-corrected chi connectivity index (χ2v) is 10.3. The molecule has 0 saturated carbocycles. The van der Waals surface area contributed by atoms with E-state index in [1.54, 1.807) is 0 Å². The Morgan fingerprint density at radius 3 is 1.84 bits per heavy atom. The number of carbonyl (C=O) groups is 1. The molecule has 0 unspecified atom stereocenters. The van der Waals surface area contributed by atoms with Crippen LogP contribution in [0.4, 0.5) is 0 Å². The van der Waals surface area contributed by atoms with E-state index in [-0.39, 0.29) is 16.6 Å². The van der Waals surface area contributed by atoms with E-state index in [1.807, 2.05) is 30.4 Å². The summed E-state index contributed by atoms with van der Waals surface area (Å²) >= 11 is 3.89. The molecule has 4 heteroatoms. The van der Waals surface area contributed by atoms with Crippen molar-refractivity contribution >= 4 is 29.5 Å². The molecular weight excluding hydrogens is 420 g/mol. The molecule has 1 saturated heterocycles. The van der Waals surface area contributed by atoms with Gasteiger partial charge in [0.25, 0.3) is 0 Å². The maximum atomic E-state index is 12.2. The van der Waals surface area contributed by atoms with Gasteiger partial charge >= 0.3 is 5.97 Å². The maximum absolute atomic E-state index is 12.2. The molecular formula is C27H28O2S2. The fourth-order valence-corrected chi connectivity index (χ4v) is 7.45. The maximum Gasteiger partial charge on any atom is 0.309 e. The van der Waals surface area contributed by atoms with E-state index in [1.165, 1.54) is 16.7 Å². The zero-order chi connectivity index (χ0) is 21.5. The highest BCUT2D eigenvalue weighted by Gasteiger charge is 2.39. The minimum Gasteiger partial charge on any atom is -0.466 e. The molecule has 0 bridgehead atoms. The van der Waals surface area contributed by atoms with Crippen molar-refractivity contribution in [2.75, 3.05) is 18.1 Å². The summed E-state index contributed by atoms with van der Waals surface area (Å²) in [6, 6.07) is 32.4. The van der Waals surface area contributed by atoms with Crippen LogP contribution in [0.25, 0.3) is 0 Å². The van der Waals surface area contributed by atoms with Crippen LogP contribution in [0, 0.1) is 5.92 Å². The van der Waals surface area contributed by atoms with Gasteiger partial charge in [-0.25, -0.2) is 0 Å². The van der Waals surface area contributed by atoms with Crippen LogP contribution in [-0.4, -0.2) is 29.3 Å².